The highest BCUT2D eigenvalue weighted by atomic mass is 16.5. The van der Waals surface area contributed by atoms with E-state index in [1.165, 1.54) is 42.8 Å². The number of para-hydroxylation sites is 2. The molecule has 2 aromatic carbocycles. The maximum Gasteiger partial charge on any atom is 0.240 e. The van der Waals surface area contributed by atoms with Gasteiger partial charge in [0.25, 0.3) is 0 Å². The molecule has 0 atom stereocenters. The molecule has 2 heterocycles. The second-order valence-electron chi connectivity index (χ2n) is 7.98. The van der Waals surface area contributed by atoms with Crippen molar-refractivity contribution in [2.45, 2.75) is 38.8 Å². The number of amides is 2. The number of likely N-dealkylation sites (tertiary alicyclic amines) is 1. The number of nitrogens with one attached hydrogen (secondary N) is 1. The smallest absolute Gasteiger partial charge is 0.240 e. The minimum Gasteiger partial charge on any atom is -0.491 e. The molecular formula is C24H29N3O3. The Kier molecular flexibility index (Phi) is 6.64. The fourth-order valence-electron chi connectivity index (χ4n) is 4.03. The van der Waals surface area contributed by atoms with Crippen molar-refractivity contribution in [1.29, 1.82) is 0 Å². The molecule has 30 heavy (non-hydrogen) atoms. The summed E-state index contributed by atoms with van der Waals surface area (Å²) < 4.78 is 5.63. The third kappa shape index (κ3) is 5.19. The number of hydrogen-bond acceptors (Lipinski definition) is 4. The molecule has 6 heteroatoms. The molecule has 0 spiro atoms. The van der Waals surface area contributed by atoms with Crippen molar-refractivity contribution >= 4 is 17.5 Å². The summed E-state index contributed by atoms with van der Waals surface area (Å²) in [5.74, 6) is 0.357. The summed E-state index contributed by atoms with van der Waals surface area (Å²) >= 11 is 0. The van der Waals surface area contributed by atoms with Gasteiger partial charge in [0.1, 0.15) is 12.3 Å². The van der Waals surface area contributed by atoms with Crippen molar-refractivity contribution in [2.24, 2.45) is 0 Å². The molecule has 2 amide bonds. The van der Waals surface area contributed by atoms with Crippen LogP contribution in [0.5, 0.6) is 5.75 Å². The van der Waals surface area contributed by atoms with Gasteiger partial charge >= 0.3 is 0 Å². The van der Waals surface area contributed by atoms with Crippen LogP contribution in [-0.4, -0.2) is 43.0 Å². The Morgan fingerprint density at radius 3 is 2.50 bits per heavy atom. The molecule has 2 aromatic rings. The van der Waals surface area contributed by atoms with Gasteiger partial charge in [0.05, 0.1) is 18.7 Å². The third-order valence-corrected chi connectivity index (χ3v) is 5.70. The zero-order valence-electron chi connectivity index (χ0n) is 17.3. The number of fused-ring (bicyclic) bond motifs is 1. The van der Waals surface area contributed by atoms with E-state index < -0.39 is 0 Å². The van der Waals surface area contributed by atoms with Crippen LogP contribution in [0.2, 0.25) is 0 Å². The maximum absolute atomic E-state index is 12.5. The number of rotatable bonds is 6. The number of carbonyl (C=O) groups excluding carboxylic acids is 2. The predicted octanol–water partition coefficient (Wildman–Crippen LogP) is 3.10. The zero-order chi connectivity index (χ0) is 20.8. The lowest BCUT2D eigenvalue weighted by atomic mass is 10.1. The summed E-state index contributed by atoms with van der Waals surface area (Å²) in [6.07, 6.45) is 4.19. The van der Waals surface area contributed by atoms with E-state index >= 15 is 0 Å². The molecule has 2 aliphatic heterocycles. The largest absolute Gasteiger partial charge is 0.491 e. The molecule has 0 aromatic heterocycles. The number of ether oxygens (including phenoxy) is 1. The number of nitrogens with zero attached hydrogens (tertiary/aromatic N) is 2. The molecule has 1 N–H and O–H groups in total. The lowest BCUT2D eigenvalue weighted by Gasteiger charge is -2.26. The third-order valence-electron chi connectivity index (χ3n) is 5.70. The van der Waals surface area contributed by atoms with Crippen LogP contribution in [0.4, 0.5) is 5.69 Å². The van der Waals surface area contributed by atoms with Crippen LogP contribution in [0.15, 0.2) is 48.5 Å². The highest BCUT2D eigenvalue weighted by molar-refractivity contribution is 6.00. The van der Waals surface area contributed by atoms with Gasteiger partial charge in [-0.3, -0.25) is 19.4 Å². The molecule has 158 valence electrons. The lowest BCUT2D eigenvalue weighted by Crippen LogP contribution is -2.40. The minimum atomic E-state index is -0.183. The van der Waals surface area contributed by atoms with E-state index in [0.717, 1.165) is 12.1 Å². The van der Waals surface area contributed by atoms with Gasteiger partial charge in [-0.1, -0.05) is 42.8 Å². The summed E-state index contributed by atoms with van der Waals surface area (Å²) in [7, 11) is 0. The van der Waals surface area contributed by atoms with Crippen molar-refractivity contribution in [3.63, 3.8) is 0 Å². The van der Waals surface area contributed by atoms with Crippen LogP contribution in [0, 0.1) is 0 Å². The molecule has 1 fully saturated rings. The average molecular weight is 408 g/mol. The van der Waals surface area contributed by atoms with Gasteiger partial charge in [0.15, 0.2) is 0 Å². The Labute approximate surface area is 177 Å². The fraction of sp³-hybridized carbons (Fsp3) is 0.417. The molecule has 6 nitrogen and oxygen atoms in total. The number of benzene rings is 2. The normalized spacial score (nSPS) is 17.1. The van der Waals surface area contributed by atoms with Crippen molar-refractivity contribution in [1.82, 2.24) is 10.2 Å². The first-order valence-corrected chi connectivity index (χ1v) is 10.8. The number of piperidine rings is 1. The number of hydrogen-bond donors (Lipinski definition) is 1. The Bertz CT molecular complexity index is 876. The zero-order valence-corrected chi connectivity index (χ0v) is 17.3. The van der Waals surface area contributed by atoms with E-state index in [4.69, 9.17) is 4.74 Å². The molecule has 2 aliphatic rings. The van der Waals surface area contributed by atoms with Crippen molar-refractivity contribution in [3.8, 4) is 5.75 Å². The first-order valence-electron chi connectivity index (χ1n) is 10.8. The Morgan fingerprint density at radius 2 is 1.70 bits per heavy atom. The van der Waals surface area contributed by atoms with Gasteiger partial charge < -0.3 is 10.1 Å². The van der Waals surface area contributed by atoms with Crippen LogP contribution in [-0.2, 0) is 22.7 Å². The average Bonchev–Trinajstić information content (AvgIpc) is 2.93. The van der Waals surface area contributed by atoms with Gasteiger partial charge in [-0.2, -0.15) is 0 Å². The van der Waals surface area contributed by atoms with E-state index in [0.29, 0.717) is 24.6 Å². The molecule has 0 unspecified atom stereocenters. The first-order chi connectivity index (χ1) is 14.7. The van der Waals surface area contributed by atoms with E-state index in [2.05, 4.69) is 34.5 Å². The van der Waals surface area contributed by atoms with E-state index in [-0.39, 0.29) is 24.8 Å². The summed E-state index contributed by atoms with van der Waals surface area (Å²) in [5.41, 5.74) is 3.01. The van der Waals surface area contributed by atoms with E-state index in [1.807, 2.05) is 24.3 Å². The predicted molar refractivity (Wildman–Crippen MR) is 116 cm³/mol. The highest BCUT2D eigenvalue weighted by Gasteiger charge is 2.24. The summed E-state index contributed by atoms with van der Waals surface area (Å²) in [4.78, 5) is 29.0. The van der Waals surface area contributed by atoms with Gasteiger partial charge in [-0.25, -0.2) is 0 Å². The Balaban J connectivity index is 1.31. The van der Waals surface area contributed by atoms with Crippen LogP contribution < -0.4 is 15.0 Å². The molecule has 0 radical (unpaired) electrons. The summed E-state index contributed by atoms with van der Waals surface area (Å²) in [6.45, 7) is 4.13. The molecule has 1 saturated heterocycles. The maximum atomic E-state index is 12.5. The van der Waals surface area contributed by atoms with E-state index in [1.54, 1.807) is 0 Å². The topological polar surface area (TPSA) is 61.9 Å². The van der Waals surface area contributed by atoms with Gasteiger partial charge in [-0.05, 0) is 49.2 Å². The minimum absolute atomic E-state index is 0.00769. The summed E-state index contributed by atoms with van der Waals surface area (Å²) in [6, 6.07) is 15.8. The van der Waals surface area contributed by atoms with Crippen LogP contribution in [0.3, 0.4) is 0 Å². The van der Waals surface area contributed by atoms with Gasteiger partial charge in [0, 0.05) is 13.1 Å². The highest BCUT2D eigenvalue weighted by Crippen LogP contribution is 2.30. The van der Waals surface area contributed by atoms with Crippen LogP contribution in [0.25, 0.3) is 0 Å². The molecule has 0 bridgehead atoms. The lowest BCUT2D eigenvalue weighted by molar-refractivity contribution is -0.124. The van der Waals surface area contributed by atoms with Crippen LogP contribution >= 0.6 is 0 Å². The molecular weight excluding hydrogens is 378 g/mol. The first kappa shape index (κ1) is 20.4. The summed E-state index contributed by atoms with van der Waals surface area (Å²) in [5, 5.41) is 2.93. The molecule has 4 rings (SSSR count). The number of carbonyl (C=O) groups is 2. The van der Waals surface area contributed by atoms with Crippen molar-refractivity contribution < 1.29 is 14.3 Å². The van der Waals surface area contributed by atoms with Crippen molar-refractivity contribution in [3.05, 3.63) is 59.7 Å². The number of anilines is 1. The van der Waals surface area contributed by atoms with Gasteiger partial charge in [-0.15, -0.1) is 0 Å². The monoisotopic (exact) mass is 407 g/mol. The SMILES string of the molecule is O=C(CN1C(=O)CCOc2ccccc21)NCc1ccc(CN2CCCCC2)cc1. The standard InChI is InChI=1S/C24H29N3O3/c28-23(18-27-21-6-2-3-7-22(21)30-15-12-24(27)29)25-16-19-8-10-20(11-9-19)17-26-13-4-1-5-14-26/h2-3,6-11H,1,4-5,12-18H2,(H,25,28). The Hall–Kier alpha value is -2.86. The second-order valence-corrected chi connectivity index (χ2v) is 7.98. The van der Waals surface area contributed by atoms with Crippen molar-refractivity contribution in [2.75, 3.05) is 31.1 Å². The van der Waals surface area contributed by atoms with Crippen LogP contribution in [0.1, 0.15) is 36.8 Å². The molecule has 0 aliphatic carbocycles. The van der Waals surface area contributed by atoms with E-state index in [9.17, 15) is 9.59 Å². The van der Waals surface area contributed by atoms with Gasteiger partial charge in [0.2, 0.25) is 11.8 Å². The quantitative estimate of drug-likeness (QED) is 0.799. The Morgan fingerprint density at radius 1 is 0.967 bits per heavy atom. The second kappa shape index (κ2) is 9.76. The molecule has 0 saturated carbocycles. The fourth-order valence-corrected chi connectivity index (χ4v) is 4.03.